The summed E-state index contributed by atoms with van der Waals surface area (Å²) in [6.45, 7) is 7.84. The molecule has 1 aromatic rings. The fourth-order valence-corrected chi connectivity index (χ4v) is 3.46. The molecule has 0 bridgehead atoms. The van der Waals surface area contributed by atoms with Gasteiger partial charge in [-0.1, -0.05) is 6.92 Å². The van der Waals surface area contributed by atoms with E-state index >= 15 is 0 Å². The summed E-state index contributed by atoms with van der Waals surface area (Å²) < 4.78 is 0. The first-order valence-corrected chi connectivity index (χ1v) is 9.70. The van der Waals surface area contributed by atoms with Crippen LogP contribution in [0, 0.1) is 0 Å². The van der Waals surface area contributed by atoms with Gasteiger partial charge < -0.3 is 20.9 Å². The largest absolute Gasteiger partial charge is 0.363 e. The number of rotatable bonds is 7. The third-order valence-corrected chi connectivity index (χ3v) is 4.88. The maximum Gasteiger partial charge on any atom is 0.241 e. The average Bonchev–Trinajstić information content (AvgIpc) is 3.13. The molecule has 0 aliphatic carbocycles. The number of hydrogen-bond acceptors (Lipinski definition) is 4. The summed E-state index contributed by atoms with van der Waals surface area (Å²) in [5.74, 6) is 0.709. The van der Waals surface area contributed by atoms with E-state index < -0.39 is 0 Å². The van der Waals surface area contributed by atoms with Crippen molar-refractivity contribution in [3.05, 3.63) is 17.5 Å². The summed E-state index contributed by atoms with van der Waals surface area (Å²) in [6, 6.07) is 4.68. The van der Waals surface area contributed by atoms with Crippen molar-refractivity contribution in [2.24, 2.45) is 4.99 Å². The van der Waals surface area contributed by atoms with Crippen molar-refractivity contribution in [1.82, 2.24) is 16.0 Å². The monoisotopic (exact) mass is 351 g/mol. The second kappa shape index (κ2) is 10.2. The van der Waals surface area contributed by atoms with Gasteiger partial charge in [-0.3, -0.25) is 4.79 Å². The van der Waals surface area contributed by atoms with Gasteiger partial charge in [0.25, 0.3) is 0 Å². The standard InChI is InChI=1S/C17H29N5OS/c1-3-9-19-15(23)13-20-17(18-4-2)21-14-7-10-22(11-8-14)16-6-5-12-24-16/h5-6,12,14H,3-4,7-11,13H2,1-2H3,(H,19,23)(H2,18,20,21). The first kappa shape index (κ1) is 18.6. The van der Waals surface area contributed by atoms with Gasteiger partial charge in [0.1, 0.15) is 6.54 Å². The lowest BCUT2D eigenvalue weighted by molar-refractivity contribution is -0.119. The summed E-state index contributed by atoms with van der Waals surface area (Å²) in [5, 5.41) is 13.0. The number of nitrogens with one attached hydrogen (secondary N) is 3. The summed E-state index contributed by atoms with van der Waals surface area (Å²) in [7, 11) is 0. The molecule has 0 unspecified atom stereocenters. The Kier molecular flexibility index (Phi) is 7.88. The number of guanidine groups is 1. The van der Waals surface area contributed by atoms with Gasteiger partial charge >= 0.3 is 0 Å². The number of carbonyl (C=O) groups excluding carboxylic acids is 1. The second-order valence-electron chi connectivity index (χ2n) is 5.90. The molecule has 6 nitrogen and oxygen atoms in total. The van der Waals surface area contributed by atoms with Crippen LogP contribution in [0.3, 0.4) is 0 Å². The highest BCUT2D eigenvalue weighted by molar-refractivity contribution is 7.14. The smallest absolute Gasteiger partial charge is 0.241 e. The Hall–Kier alpha value is -1.76. The molecule has 1 amide bonds. The summed E-state index contributed by atoms with van der Waals surface area (Å²) in [6.07, 6.45) is 3.09. The quantitative estimate of drug-likeness (QED) is 0.518. The van der Waals surface area contributed by atoms with Crippen molar-refractivity contribution in [3.8, 4) is 0 Å². The third kappa shape index (κ3) is 6.03. The molecule has 0 saturated carbocycles. The van der Waals surface area contributed by atoms with Crippen molar-refractivity contribution >= 4 is 28.2 Å². The molecule has 24 heavy (non-hydrogen) atoms. The molecule has 1 fully saturated rings. The number of aliphatic imine (C=N–C) groups is 1. The van der Waals surface area contributed by atoms with Crippen molar-refractivity contribution < 1.29 is 4.79 Å². The van der Waals surface area contributed by atoms with Gasteiger partial charge in [0.05, 0.1) is 5.00 Å². The predicted molar refractivity (Wildman–Crippen MR) is 102 cm³/mol. The molecule has 0 aromatic carbocycles. The number of anilines is 1. The van der Waals surface area contributed by atoms with Gasteiger partial charge in [0.15, 0.2) is 5.96 Å². The van der Waals surface area contributed by atoms with Crippen LogP contribution in [-0.4, -0.2) is 50.6 Å². The highest BCUT2D eigenvalue weighted by Crippen LogP contribution is 2.24. The van der Waals surface area contributed by atoms with E-state index in [1.54, 1.807) is 11.3 Å². The zero-order chi connectivity index (χ0) is 17.2. The van der Waals surface area contributed by atoms with Crippen molar-refractivity contribution in [2.45, 2.75) is 39.2 Å². The molecule has 2 rings (SSSR count). The van der Waals surface area contributed by atoms with Crippen LogP contribution in [0.5, 0.6) is 0 Å². The number of amides is 1. The van der Waals surface area contributed by atoms with Crippen molar-refractivity contribution in [1.29, 1.82) is 0 Å². The fraction of sp³-hybridized carbons (Fsp3) is 0.647. The minimum absolute atomic E-state index is 0.0263. The first-order chi connectivity index (χ1) is 11.7. The van der Waals surface area contributed by atoms with Crippen LogP contribution < -0.4 is 20.9 Å². The van der Waals surface area contributed by atoms with Gasteiger partial charge in [-0.25, -0.2) is 4.99 Å². The molecule has 1 aliphatic rings. The number of carbonyl (C=O) groups is 1. The predicted octanol–water partition coefficient (Wildman–Crippen LogP) is 1.80. The molecule has 0 radical (unpaired) electrons. The van der Waals surface area contributed by atoms with Crippen molar-refractivity contribution in [3.63, 3.8) is 0 Å². The van der Waals surface area contributed by atoms with Gasteiger partial charge in [-0.2, -0.15) is 0 Å². The van der Waals surface area contributed by atoms with Gasteiger partial charge in [-0.15, -0.1) is 11.3 Å². The molecule has 0 spiro atoms. The van der Waals surface area contributed by atoms with Crippen LogP contribution in [0.15, 0.2) is 22.5 Å². The van der Waals surface area contributed by atoms with Gasteiger partial charge in [0, 0.05) is 32.2 Å². The average molecular weight is 352 g/mol. The lowest BCUT2D eigenvalue weighted by Gasteiger charge is -2.33. The number of thiophene rings is 1. The molecule has 2 heterocycles. The molecular weight excluding hydrogens is 322 g/mol. The summed E-state index contributed by atoms with van der Waals surface area (Å²) in [4.78, 5) is 18.5. The third-order valence-electron chi connectivity index (χ3n) is 3.95. The lowest BCUT2D eigenvalue weighted by atomic mass is 10.1. The van der Waals surface area contributed by atoms with Crippen LogP contribution in [0.1, 0.15) is 33.1 Å². The number of piperidine rings is 1. The molecule has 1 saturated heterocycles. The summed E-state index contributed by atoms with van der Waals surface area (Å²) >= 11 is 1.80. The van der Waals surface area contributed by atoms with E-state index in [2.05, 4.69) is 43.4 Å². The van der Waals surface area contributed by atoms with Crippen molar-refractivity contribution in [2.75, 3.05) is 37.6 Å². The molecule has 134 valence electrons. The first-order valence-electron chi connectivity index (χ1n) is 8.83. The van der Waals surface area contributed by atoms with E-state index in [0.29, 0.717) is 12.6 Å². The van der Waals surface area contributed by atoms with Crippen LogP contribution >= 0.6 is 11.3 Å². The maximum atomic E-state index is 11.7. The number of nitrogens with zero attached hydrogens (tertiary/aromatic N) is 2. The topological polar surface area (TPSA) is 68.8 Å². The molecular formula is C17H29N5OS. The van der Waals surface area contributed by atoms with Crippen LogP contribution in [0.2, 0.25) is 0 Å². The molecule has 3 N–H and O–H groups in total. The zero-order valence-electron chi connectivity index (χ0n) is 14.7. The Morgan fingerprint density at radius 1 is 1.33 bits per heavy atom. The Balaban J connectivity index is 1.79. The lowest BCUT2D eigenvalue weighted by Crippen LogP contribution is -2.49. The Morgan fingerprint density at radius 3 is 2.75 bits per heavy atom. The second-order valence-corrected chi connectivity index (χ2v) is 6.83. The van der Waals surface area contributed by atoms with E-state index in [1.807, 2.05) is 13.8 Å². The fourth-order valence-electron chi connectivity index (χ4n) is 2.68. The van der Waals surface area contributed by atoms with E-state index in [9.17, 15) is 4.79 Å². The van der Waals surface area contributed by atoms with Gasteiger partial charge in [-0.05, 0) is 43.7 Å². The molecule has 1 aliphatic heterocycles. The Bertz CT molecular complexity index is 509. The van der Waals surface area contributed by atoms with E-state index in [1.165, 1.54) is 5.00 Å². The van der Waals surface area contributed by atoms with Crippen LogP contribution in [0.25, 0.3) is 0 Å². The molecule has 0 atom stereocenters. The minimum atomic E-state index is -0.0263. The SMILES string of the molecule is CCCNC(=O)CN=C(NCC)NC1CCN(c2cccs2)CC1. The highest BCUT2D eigenvalue weighted by atomic mass is 32.1. The van der Waals surface area contributed by atoms with Gasteiger partial charge in [0.2, 0.25) is 5.91 Å². The zero-order valence-corrected chi connectivity index (χ0v) is 15.5. The Labute approximate surface area is 148 Å². The summed E-state index contributed by atoms with van der Waals surface area (Å²) in [5.41, 5.74) is 0. The minimum Gasteiger partial charge on any atom is -0.363 e. The normalized spacial score (nSPS) is 16.1. The van der Waals surface area contributed by atoms with E-state index in [4.69, 9.17) is 0 Å². The molecule has 1 aromatic heterocycles. The Morgan fingerprint density at radius 2 is 2.12 bits per heavy atom. The highest BCUT2D eigenvalue weighted by Gasteiger charge is 2.20. The molecule has 7 heteroatoms. The van der Waals surface area contributed by atoms with E-state index in [-0.39, 0.29) is 12.5 Å². The van der Waals surface area contributed by atoms with Crippen LogP contribution in [-0.2, 0) is 4.79 Å². The van der Waals surface area contributed by atoms with E-state index in [0.717, 1.165) is 44.9 Å². The maximum absolute atomic E-state index is 11.7. The van der Waals surface area contributed by atoms with Crippen LogP contribution in [0.4, 0.5) is 5.00 Å². The number of hydrogen-bond donors (Lipinski definition) is 3.